The van der Waals surface area contributed by atoms with E-state index in [9.17, 15) is 32.7 Å². The maximum Gasteiger partial charge on any atom is 0.485 e. The van der Waals surface area contributed by atoms with Crippen LogP contribution in [0.3, 0.4) is 0 Å². The summed E-state index contributed by atoms with van der Waals surface area (Å²) in [5.74, 6) is -2.22. The van der Waals surface area contributed by atoms with Gasteiger partial charge in [-0.2, -0.15) is 17.7 Å². The zero-order valence-electron chi connectivity index (χ0n) is 22.1. The maximum absolute atomic E-state index is 13.3. The van der Waals surface area contributed by atoms with E-state index < -0.39 is 58.0 Å². The fraction of sp³-hybridized carbons (Fsp3) is 0.400. The average molecular weight is 604 g/mol. The average Bonchev–Trinajstić information content (AvgIpc) is 3.34. The van der Waals surface area contributed by atoms with Crippen LogP contribution in [-0.2, 0) is 36.4 Å². The van der Waals surface area contributed by atoms with Crippen LogP contribution in [0.5, 0.6) is 5.88 Å². The van der Waals surface area contributed by atoms with Crippen LogP contribution >= 0.6 is 0 Å². The summed E-state index contributed by atoms with van der Waals surface area (Å²) < 4.78 is 66.1. The van der Waals surface area contributed by atoms with Crippen LogP contribution in [0.2, 0.25) is 0 Å². The van der Waals surface area contributed by atoms with Gasteiger partial charge in [0.25, 0.3) is 5.91 Å². The molecule has 12 nitrogen and oxygen atoms in total. The van der Waals surface area contributed by atoms with Gasteiger partial charge >= 0.3 is 17.4 Å². The molecular formula is C25H28F3N3O9S. The molecule has 0 saturated heterocycles. The fourth-order valence-corrected chi connectivity index (χ4v) is 3.53. The molecule has 2 aromatic rings. The number of halogens is 3. The molecule has 0 aliphatic carbocycles. The van der Waals surface area contributed by atoms with Crippen molar-refractivity contribution in [2.75, 3.05) is 6.61 Å². The lowest BCUT2D eigenvalue weighted by Gasteiger charge is -2.30. The lowest BCUT2D eigenvalue weighted by atomic mass is 9.83. The van der Waals surface area contributed by atoms with Gasteiger partial charge in [-0.3, -0.25) is 14.4 Å². The number of amides is 1. The molecule has 2 atom stereocenters. The Labute approximate surface area is 233 Å². The number of carboxylic acids is 1. The molecule has 0 unspecified atom stereocenters. The monoisotopic (exact) mass is 603 g/mol. The summed E-state index contributed by atoms with van der Waals surface area (Å²) in [5.41, 5.74) is -5.56. The number of benzene rings is 1. The van der Waals surface area contributed by atoms with Gasteiger partial charge in [0.2, 0.25) is 5.60 Å². The SMILES string of the molecule is CC(C)[C@@]1(C(=O)N[C@@H](CC(=O)O)C(=O)COc2cccc[n+]2C)CC(c2ccccc2)=NO1.O=S(=O)([O-])C(F)(F)F. The second-order valence-electron chi connectivity index (χ2n) is 9.14. The Morgan fingerprint density at radius 3 is 2.27 bits per heavy atom. The van der Waals surface area contributed by atoms with Gasteiger partial charge in [0.1, 0.15) is 13.1 Å². The number of aliphatic carboxylic acids is 1. The van der Waals surface area contributed by atoms with E-state index in [2.05, 4.69) is 10.5 Å². The molecule has 41 heavy (non-hydrogen) atoms. The van der Waals surface area contributed by atoms with E-state index in [-0.39, 0.29) is 12.3 Å². The zero-order chi connectivity index (χ0) is 31.0. The van der Waals surface area contributed by atoms with Gasteiger partial charge in [-0.25, -0.2) is 8.42 Å². The van der Waals surface area contributed by atoms with E-state index in [1.54, 1.807) is 36.0 Å². The largest absolute Gasteiger partial charge is 0.741 e. The number of carbonyl (C=O) groups excluding carboxylic acids is 2. The predicted molar refractivity (Wildman–Crippen MR) is 134 cm³/mol. The molecule has 16 heteroatoms. The van der Waals surface area contributed by atoms with Crippen molar-refractivity contribution < 1.29 is 59.8 Å². The Hall–Kier alpha value is -4.05. The normalized spacial score (nSPS) is 17.4. The number of hydrogen-bond acceptors (Lipinski definition) is 9. The van der Waals surface area contributed by atoms with Gasteiger partial charge in [0, 0.05) is 18.4 Å². The maximum atomic E-state index is 13.3. The zero-order valence-corrected chi connectivity index (χ0v) is 22.9. The Bertz CT molecular complexity index is 1380. The topological polar surface area (TPSA) is 175 Å². The lowest BCUT2D eigenvalue weighted by molar-refractivity contribution is -0.677. The minimum atomic E-state index is -6.09. The number of oxime groups is 1. The molecule has 1 amide bonds. The number of aromatic nitrogens is 1. The summed E-state index contributed by atoms with van der Waals surface area (Å²) >= 11 is 0. The molecule has 1 aliphatic rings. The van der Waals surface area contributed by atoms with E-state index in [0.29, 0.717) is 11.6 Å². The Morgan fingerprint density at radius 2 is 1.76 bits per heavy atom. The van der Waals surface area contributed by atoms with Crippen LogP contribution in [0.4, 0.5) is 13.2 Å². The quantitative estimate of drug-likeness (QED) is 0.233. The molecule has 0 spiro atoms. The van der Waals surface area contributed by atoms with Gasteiger partial charge in [-0.1, -0.05) is 49.3 Å². The summed E-state index contributed by atoms with van der Waals surface area (Å²) in [6.45, 7) is 3.24. The summed E-state index contributed by atoms with van der Waals surface area (Å²) in [7, 11) is -4.34. The molecule has 224 valence electrons. The van der Waals surface area contributed by atoms with Crippen molar-refractivity contribution in [2.45, 2.75) is 43.8 Å². The number of aryl methyl sites for hydroxylation is 1. The van der Waals surface area contributed by atoms with E-state index >= 15 is 0 Å². The Morgan fingerprint density at radius 1 is 1.17 bits per heavy atom. The summed E-state index contributed by atoms with van der Waals surface area (Å²) in [6, 6.07) is 13.3. The van der Waals surface area contributed by atoms with Crippen molar-refractivity contribution in [3.63, 3.8) is 0 Å². The number of alkyl halides is 3. The van der Waals surface area contributed by atoms with Crippen molar-refractivity contribution in [3.8, 4) is 5.88 Å². The smallest absolute Gasteiger partial charge is 0.485 e. The molecule has 0 radical (unpaired) electrons. The third-order valence-corrected chi connectivity index (χ3v) is 6.47. The minimum Gasteiger partial charge on any atom is -0.741 e. The predicted octanol–water partition coefficient (Wildman–Crippen LogP) is 1.69. The fourth-order valence-electron chi connectivity index (χ4n) is 3.53. The number of Topliss-reactive ketones (excluding diaryl/α,β-unsaturated/α-hetero) is 1. The molecule has 1 aromatic carbocycles. The first-order valence-electron chi connectivity index (χ1n) is 11.9. The van der Waals surface area contributed by atoms with Crippen molar-refractivity contribution in [3.05, 3.63) is 60.3 Å². The molecule has 2 heterocycles. The highest BCUT2D eigenvalue weighted by atomic mass is 32.2. The number of nitrogens with zero attached hydrogens (tertiary/aromatic N) is 2. The summed E-state index contributed by atoms with van der Waals surface area (Å²) in [5, 5.41) is 16.0. The van der Waals surface area contributed by atoms with Crippen LogP contribution in [0.15, 0.2) is 59.9 Å². The number of rotatable bonds is 10. The number of ketones is 1. The molecule has 0 fully saturated rings. The van der Waals surface area contributed by atoms with Gasteiger partial charge in [0.05, 0.1) is 18.2 Å². The summed E-state index contributed by atoms with van der Waals surface area (Å²) in [6.07, 6.45) is 1.38. The highest BCUT2D eigenvalue weighted by Crippen LogP contribution is 2.34. The van der Waals surface area contributed by atoms with Crippen molar-refractivity contribution in [2.24, 2.45) is 18.1 Å². The van der Waals surface area contributed by atoms with E-state index in [1.807, 2.05) is 44.2 Å². The van der Waals surface area contributed by atoms with E-state index in [1.165, 1.54) is 0 Å². The first kappa shape index (κ1) is 33.2. The number of nitrogens with one attached hydrogen (secondary N) is 1. The van der Waals surface area contributed by atoms with Crippen LogP contribution < -0.4 is 14.6 Å². The molecule has 1 aromatic heterocycles. The number of pyridine rings is 1. The molecule has 2 N–H and O–H groups in total. The van der Waals surface area contributed by atoms with Crippen LogP contribution in [0, 0.1) is 5.92 Å². The van der Waals surface area contributed by atoms with Crippen molar-refractivity contribution in [1.82, 2.24) is 5.32 Å². The first-order valence-corrected chi connectivity index (χ1v) is 13.3. The van der Waals surface area contributed by atoms with Crippen molar-refractivity contribution in [1.29, 1.82) is 0 Å². The molecule has 1 aliphatic heterocycles. The number of carbonyl (C=O) groups is 3. The van der Waals surface area contributed by atoms with Gasteiger partial charge < -0.3 is 24.6 Å². The molecular weight excluding hydrogens is 575 g/mol. The minimum absolute atomic E-state index is 0.199. The molecule has 3 rings (SSSR count). The Balaban J connectivity index is 0.000000642. The van der Waals surface area contributed by atoms with Crippen LogP contribution in [0.25, 0.3) is 0 Å². The third-order valence-electron chi connectivity index (χ3n) is 5.90. The second-order valence-corrected chi connectivity index (χ2v) is 10.5. The number of ether oxygens (including phenoxy) is 1. The van der Waals surface area contributed by atoms with Crippen LogP contribution in [0.1, 0.15) is 32.3 Å². The number of hydrogen-bond donors (Lipinski definition) is 2. The lowest BCUT2D eigenvalue weighted by Crippen LogP contribution is -2.56. The van der Waals surface area contributed by atoms with Crippen molar-refractivity contribution >= 4 is 33.5 Å². The number of carboxylic acid groups (broad SMARTS) is 1. The van der Waals surface area contributed by atoms with E-state index in [0.717, 1.165) is 5.56 Å². The van der Waals surface area contributed by atoms with E-state index in [4.69, 9.17) is 22.5 Å². The first-order chi connectivity index (χ1) is 19.0. The standard InChI is InChI=1S/C24H27N3O6.CHF3O3S/c1-16(2)24(14-19(26-33-24)17-9-5-4-6-10-17)23(31)25-18(13-22(29)30)20(28)15-32-21-11-7-8-12-27(21)3;2-1(3,4)8(5,6)7/h4-12,16,18H,13-15H2,1-3H3,(H-,25,29,30,31);(H,5,6,7)/t18-,24+;/m0./s1. The molecule has 0 bridgehead atoms. The highest BCUT2D eigenvalue weighted by molar-refractivity contribution is 7.86. The highest BCUT2D eigenvalue weighted by Gasteiger charge is 2.50. The van der Waals surface area contributed by atoms with Crippen LogP contribution in [-0.4, -0.2) is 65.2 Å². The second kappa shape index (κ2) is 13.5. The Kier molecular flexibility index (Phi) is 10.9. The third kappa shape index (κ3) is 8.97. The van der Waals surface area contributed by atoms with Gasteiger partial charge in [0.15, 0.2) is 28.7 Å². The van der Waals surface area contributed by atoms with Gasteiger partial charge in [-0.15, -0.1) is 0 Å². The van der Waals surface area contributed by atoms with Gasteiger partial charge in [-0.05, 0) is 11.6 Å². The summed E-state index contributed by atoms with van der Waals surface area (Å²) in [4.78, 5) is 43.1. The molecule has 0 saturated carbocycles.